The second-order valence-corrected chi connectivity index (χ2v) is 7.59. The third kappa shape index (κ3) is 3.08. The van der Waals surface area contributed by atoms with Crippen molar-refractivity contribution in [3.63, 3.8) is 0 Å². The highest BCUT2D eigenvalue weighted by Crippen LogP contribution is 2.29. The Morgan fingerprint density at radius 2 is 0.833 bits per heavy atom. The summed E-state index contributed by atoms with van der Waals surface area (Å²) in [4.78, 5) is 5.34. The lowest BCUT2D eigenvalue weighted by atomic mass is 9.86. The van der Waals surface area contributed by atoms with E-state index in [9.17, 15) is 0 Å². The second-order valence-electron chi connectivity index (χ2n) is 7.59. The van der Waals surface area contributed by atoms with Crippen LogP contribution in [0.4, 0.5) is 0 Å². The third-order valence-corrected chi connectivity index (χ3v) is 5.74. The predicted molar refractivity (Wildman–Crippen MR) is 81.0 cm³/mol. The van der Waals surface area contributed by atoms with Crippen molar-refractivity contribution in [3.8, 4) is 0 Å². The van der Waals surface area contributed by atoms with Crippen LogP contribution in [0.3, 0.4) is 0 Å². The average molecular weight is 254 g/mol. The summed E-state index contributed by atoms with van der Waals surface area (Å²) in [6.45, 7) is 23.7. The van der Waals surface area contributed by atoms with E-state index in [0.717, 1.165) is 0 Å². The van der Waals surface area contributed by atoms with Crippen molar-refractivity contribution in [1.82, 2.24) is 9.80 Å². The number of rotatable bonds is 4. The second kappa shape index (κ2) is 5.50. The molecule has 0 atom stereocenters. The van der Waals surface area contributed by atoms with Gasteiger partial charge >= 0.3 is 0 Å². The van der Waals surface area contributed by atoms with E-state index in [1.54, 1.807) is 0 Å². The predicted octanol–water partition coefficient (Wildman–Crippen LogP) is 3.47. The monoisotopic (exact) mass is 254 g/mol. The molecule has 2 nitrogen and oxygen atoms in total. The molecule has 1 aliphatic rings. The van der Waals surface area contributed by atoms with E-state index in [1.165, 1.54) is 26.2 Å². The van der Waals surface area contributed by atoms with Gasteiger partial charge in [0.1, 0.15) is 0 Å². The molecule has 108 valence electrons. The molecule has 0 radical (unpaired) electrons. The summed E-state index contributed by atoms with van der Waals surface area (Å²) in [5.74, 6) is 1.42. The molecular formula is C16H34N2. The standard InChI is InChI=1S/C16H34N2/c1-13(2)15(5,6)17-9-11-18(12-10-17)16(7,8)14(3)4/h13-14H,9-12H2,1-8H3. The fourth-order valence-corrected chi connectivity index (χ4v) is 2.59. The zero-order chi connectivity index (χ0) is 14.1. The quantitative estimate of drug-likeness (QED) is 0.758. The molecule has 2 heteroatoms. The van der Waals surface area contributed by atoms with Gasteiger partial charge in [0.15, 0.2) is 0 Å². The maximum Gasteiger partial charge on any atom is 0.0177 e. The zero-order valence-electron chi connectivity index (χ0n) is 13.9. The summed E-state index contributed by atoms with van der Waals surface area (Å²) in [6.07, 6.45) is 0. The molecule has 1 heterocycles. The first-order valence-corrected chi connectivity index (χ1v) is 7.60. The fourth-order valence-electron chi connectivity index (χ4n) is 2.59. The lowest BCUT2D eigenvalue weighted by Crippen LogP contribution is -2.61. The third-order valence-electron chi connectivity index (χ3n) is 5.74. The molecule has 1 rings (SSSR count). The summed E-state index contributed by atoms with van der Waals surface area (Å²) < 4.78 is 0. The fraction of sp³-hybridized carbons (Fsp3) is 1.00. The summed E-state index contributed by atoms with van der Waals surface area (Å²) in [5, 5.41) is 0. The Bertz CT molecular complexity index is 230. The van der Waals surface area contributed by atoms with Gasteiger partial charge in [-0.1, -0.05) is 27.7 Å². The maximum atomic E-state index is 2.67. The highest BCUT2D eigenvalue weighted by atomic mass is 15.3. The lowest BCUT2D eigenvalue weighted by molar-refractivity contribution is -0.0211. The molecule has 1 saturated heterocycles. The van der Waals surface area contributed by atoms with Gasteiger partial charge < -0.3 is 0 Å². The topological polar surface area (TPSA) is 6.48 Å². The van der Waals surface area contributed by atoms with Gasteiger partial charge in [-0.05, 0) is 39.5 Å². The van der Waals surface area contributed by atoms with Crippen molar-refractivity contribution < 1.29 is 0 Å². The molecule has 0 aliphatic carbocycles. The van der Waals surface area contributed by atoms with Crippen LogP contribution in [0.25, 0.3) is 0 Å². The largest absolute Gasteiger partial charge is 0.295 e. The van der Waals surface area contributed by atoms with E-state index in [2.05, 4.69) is 65.2 Å². The van der Waals surface area contributed by atoms with E-state index in [4.69, 9.17) is 0 Å². The van der Waals surface area contributed by atoms with Crippen molar-refractivity contribution >= 4 is 0 Å². The smallest absolute Gasteiger partial charge is 0.0177 e. The summed E-state index contributed by atoms with van der Waals surface area (Å²) in [5.41, 5.74) is 0.655. The van der Waals surface area contributed by atoms with E-state index in [-0.39, 0.29) is 0 Å². The molecule has 1 fully saturated rings. The van der Waals surface area contributed by atoms with Crippen LogP contribution in [-0.4, -0.2) is 47.1 Å². The van der Waals surface area contributed by atoms with Gasteiger partial charge in [0.05, 0.1) is 0 Å². The molecule has 0 saturated carbocycles. The molecule has 0 N–H and O–H groups in total. The van der Waals surface area contributed by atoms with Crippen molar-refractivity contribution in [2.75, 3.05) is 26.2 Å². The van der Waals surface area contributed by atoms with E-state index < -0.39 is 0 Å². The Labute approximate surface area is 115 Å². The minimum atomic E-state index is 0.327. The highest BCUT2D eigenvalue weighted by Gasteiger charge is 2.37. The van der Waals surface area contributed by atoms with E-state index in [1.807, 2.05) is 0 Å². The minimum Gasteiger partial charge on any atom is -0.295 e. The normalized spacial score (nSPS) is 21.0. The Balaban J connectivity index is 2.62. The lowest BCUT2D eigenvalue weighted by Gasteiger charge is -2.51. The van der Waals surface area contributed by atoms with Crippen LogP contribution in [0.2, 0.25) is 0 Å². The van der Waals surface area contributed by atoms with Crippen molar-refractivity contribution in [3.05, 3.63) is 0 Å². The number of piperazine rings is 1. The van der Waals surface area contributed by atoms with Gasteiger partial charge in [-0.3, -0.25) is 9.80 Å². The van der Waals surface area contributed by atoms with Crippen molar-refractivity contribution in [2.45, 2.75) is 66.5 Å². The van der Waals surface area contributed by atoms with Crippen LogP contribution in [0.15, 0.2) is 0 Å². The van der Waals surface area contributed by atoms with Crippen LogP contribution < -0.4 is 0 Å². The van der Waals surface area contributed by atoms with Crippen molar-refractivity contribution in [2.24, 2.45) is 11.8 Å². The first kappa shape index (κ1) is 16.0. The van der Waals surface area contributed by atoms with Crippen LogP contribution in [-0.2, 0) is 0 Å². The Hall–Kier alpha value is -0.0800. The first-order valence-electron chi connectivity index (χ1n) is 7.60. The van der Waals surface area contributed by atoms with Gasteiger partial charge in [-0.25, -0.2) is 0 Å². The van der Waals surface area contributed by atoms with Crippen LogP contribution in [0, 0.1) is 11.8 Å². The Kier molecular flexibility index (Phi) is 4.88. The molecular weight excluding hydrogens is 220 g/mol. The molecule has 1 aliphatic heterocycles. The number of hydrogen-bond acceptors (Lipinski definition) is 2. The maximum absolute atomic E-state index is 2.67. The molecule has 0 spiro atoms. The van der Waals surface area contributed by atoms with Crippen LogP contribution in [0.1, 0.15) is 55.4 Å². The highest BCUT2D eigenvalue weighted by molar-refractivity contribution is 4.92. The summed E-state index contributed by atoms with van der Waals surface area (Å²) in [7, 11) is 0. The van der Waals surface area contributed by atoms with Crippen molar-refractivity contribution in [1.29, 1.82) is 0 Å². The van der Waals surface area contributed by atoms with Crippen LogP contribution >= 0.6 is 0 Å². The minimum absolute atomic E-state index is 0.327. The summed E-state index contributed by atoms with van der Waals surface area (Å²) in [6, 6.07) is 0. The van der Waals surface area contributed by atoms with Gasteiger partial charge in [0.25, 0.3) is 0 Å². The molecule has 0 aromatic carbocycles. The van der Waals surface area contributed by atoms with Gasteiger partial charge in [-0.15, -0.1) is 0 Å². The van der Waals surface area contributed by atoms with Gasteiger partial charge in [0, 0.05) is 37.3 Å². The van der Waals surface area contributed by atoms with Gasteiger partial charge in [-0.2, -0.15) is 0 Å². The number of hydrogen-bond donors (Lipinski definition) is 0. The molecule has 0 bridgehead atoms. The zero-order valence-corrected chi connectivity index (χ0v) is 13.9. The Morgan fingerprint density at radius 3 is 1.00 bits per heavy atom. The number of nitrogens with zero attached hydrogens (tertiary/aromatic N) is 2. The molecule has 0 amide bonds. The average Bonchev–Trinajstić information content (AvgIpc) is 2.28. The molecule has 0 unspecified atom stereocenters. The Morgan fingerprint density at radius 1 is 0.611 bits per heavy atom. The SMILES string of the molecule is CC(C)C(C)(C)N1CCN(C(C)(C)C(C)C)CC1. The van der Waals surface area contributed by atoms with Gasteiger partial charge in [0.2, 0.25) is 0 Å². The van der Waals surface area contributed by atoms with E-state index in [0.29, 0.717) is 22.9 Å². The summed E-state index contributed by atoms with van der Waals surface area (Å²) >= 11 is 0. The molecule has 18 heavy (non-hydrogen) atoms. The van der Waals surface area contributed by atoms with Crippen LogP contribution in [0.5, 0.6) is 0 Å². The molecule has 0 aromatic heterocycles. The first-order chi connectivity index (χ1) is 8.10. The molecule has 0 aromatic rings. The van der Waals surface area contributed by atoms with E-state index >= 15 is 0 Å².